The van der Waals surface area contributed by atoms with E-state index in [2.05, 4.69) is 0 Å². The summed E-state index contributed by atoms with van der Waals surface area (Å²) in [5.41, 5.74) is 1.12. The fraction of sp³-hybridized carbons (Fsp3) is 0.400. The number of hydrogen-bond donors (Lipinski definition) is 0. The van der Waals surface area contributed by atoms with Crippen molar-refractivity contribution in [2.75, 3.05) is 19.8 Å². The van der Waals surface area contributed by atoms with Gasteiger partial charge in [0.1, 0.15) is 19.3 Å². The summed E-state index contributed by atoms with van der Waals surface area (Å²) >= 11 is 0. The fourth-order valence-electron chi connectivity index (χ4n) is 1.58. The van der Waals surface area contributed by atoms with E-state index in [9.17, 15) is 0 Å². The number of fused-ring (bicyclic) bond motifs is 1. The minimum Gasteiger partial charge on any atom is -0.486 e. The van der Waals surface area contributed by atoms with E-state index in [1.165, 1.54) is 0 Å². The molecule has 1 aromatic carbocycles. The van der Waals surface area contributed by atoms with Crippen molar-refractivity contribution in [2.24, 2.45) is 0 Å². The Morgan fingerprint density at radius 2 is 2.00 bits per heavy atom. The Balaban J connectivity index is 2.07. The van der Waals surface area contributed by atoms with E-state index in [4.69, 9.17) is 14.2 Å². The van der Waals surface area contributed by atoms with Crippen molar-refractivity contribution in [3.8, 4) is 11.5 Å². The molecule has 1 atom stereocenters. The Hall–Kier alpha value is -1.22. The summed E-state index contributed by atoms with van der Waals surface area (Å²) in [7, 11) is 0. The van der Waals surface area contributed by atoms with Crippen molar-refractivity contribution in [3.63, 3.8) is 0 Å². The van der Waals surface area contributed by atoms with Gasteiger partial charge >= 0.3 is 0 Å². The highest BCUT2D eigenvalue weighted by molar-refractivity contribution is 5.49. The van der Waals surface area contributed by atoms with Crippen LogP contribution in [0.15, 0.2) is 18.2 Å². The van der Waals surface area contributed by atoms with Gasteiger partial charge in [-0.3, -0.25) is 0 Å². The molecule has 0 amide bonds. The quantitative estimate of drug-likeness (QED) is 0.611. The number of ether oxygens (including phenoxy) is 3. The van der Waals surface area contributed by atoms with Gasteiger partial charge in [-0.25, -0.2) is 0 Å². The molecule has 0 radical (unpaired) electrons. The first-order valence-electron chi connectivity index (χ1n) is 4.45. The highest BCUT2D eigenvalue weighted by Gasteiger charge is 2.30. The maximum absolute atomic E-state index is 5.55. The number of rotatable bonds is 1. The molecule has 1 saturated heterocycles. The van der Waals surface area contributed by atoms with Gasteiger partial charge in [0.2, 0.25) is 0 Å². The highest BCUT2D eigenvalue weighted by Crippen LogP contribution is 2.42. The molecule has 3 nitrogen and oxygen atoms in total. The van der Waals surface area contributed by atoms with Gasteiger partial charge in [0, 0.05) is 5.56 Å². The summed E-state index contributed by atoms with van der Waals surface area (Å²) < 4.78 is 16.2. The van der Waals surface area contributed by atoms with Crippen LogP contribution in [0.4, 0.5) is 0 Å². The van der Waals surface area contributed by atoms with Crippen LogP contribution in [0.1, 0.15) is 11.7 Å². The lowest BCUT2D eigenvalue weighted by atomic mass is 10.1. The van der Waals surface area contributed by atoms with Crippen LogP contribution in [0.3, 0.4) is 0 Å². The third kappa shape index (κ3) is 1.16. The predicted octanol–water partition coefficient (Wildman–Crippen LogP) is 1.53. The molecule has 0 aromatic heterocycles. The van der Waals surface area contributed by atoms with E-state index >= 15 is 0 Å². The van der Waals surface area contributed by atoms with Crippen molar-refractivity contribution in [1.29, 1.82) is 0 Å². The molecular formula is C10H10O3. The molecule has 0 aliphatic carbocycles. The van der Waals surface area contributed by atoms with Crippen molar-refractivity contribution in [3.05, 3.63) is 23.8 Å². The fourth-order valence-corrected chi connectivity index (χ4v) is 1.58. The van der Waals surface area contributed by atoms with Crippen LogP contribution in [-0.4, -0.2) is 19.8 Å². The van der Waals surface area contributed by atoms with Gasteiger partial charge in [0.15, 0.2) is 11.5 Å². The third-order valence-corrected chi connectivity index (χ3v) is 2.28. The smallest absolute Gasteiger partial charge is 0.167 e. The van der Waals surface area contributed by atoms with Gasteiger partial charge in [-0.2, -0.15) is 0 Å². The molecule has 1 fully saturated rings. The SMILES string of the molecule is c1cc2c(c([C@H]3CO3)c1)OCCO2. The average Bonchev–Trinajstić information content (AvgIpc) is 3.00. The van der Waals surface area contributed by atoms with E-state index in [1.54, 1.807) is 0 Å². The second-order valence-corrected chi connectivity index (χ2v) is 3.19. The summed E-state index contributed by atoms with van der Waals surface area (Å²) in [6.45, 7) is 2.08. The molecule has 0 saturated carbocycles. The largest absolute Gasteiger partial charge is 0.486 e. The zero-order chi connectivity index (χ0) is 8.67. The molecule has 0 N–H and O–H groups in total. The molecule has 3 heteroatoms. The molecule has 3 rings (SSSR count). The minimum atomic E-state index is 0.233. The Morgan fingerprint density at radius 1 is 1.15 bits per heavy atom. The van der Waals surface area contributed by atoms with Crippen molar-refractivity contribution in [1.82, 2.24) is 0 Å². The Kier molecular flexibility index (Phi) is 1.46. The summed E-state index contributed by atoms with van der Waals surface area (Å²) in [6, 6.07) is 5.94. The number of benzene rings is 1. The van der Waals surface area contributed by atoms with Crippen molar-refractivity contribution < 1.29 is 14.2 Å². The molecule has 1 aromatic rings. The monoisotopic (exact) mass is 178 g/mol. The number of hydrogen-bond acceptors (Lipinski definition) is 3. The predicted molar refractivity (Wildman–Crippen MR) is 46.1 cm³/mol. The van der Waals surface area contributed by atoms with Crippen LogP contribution in [0.2, 0.25) is 0 Å². The molecule has 0 spiro atoms. The van der Waals surface area contributed by atoms with Crippen LogP contribution >= 0.6 is 0 Å². The summed E-state index contributed by atoms with van der Waals surface area (Å²) in [4.78, 5) is 0. The molecule has 2 aliphatic rings. The zero-order valence-electron chi connectivity index (χ0n) is 7.16. The molecule has 68 valence electrons. The van der Waals surface area contributed by atoms with Crippen molar-refractivity contribution in [2.45, 2.75) is 6.10 Å². The van der Waals surface area contributed by atoms with Crippen molar-refractivity contribution >= 4 is 0 Å². The lowest BCUT2D eigenvalue weighted by molar-refractivity contribution is 0.169. The topological polar surface area (TPSA) is 31.0 Å². The van der Waals surface area contributed by atoms with Gasteiger partial charge in [0.05, 0.1) is 6.61 Å². The first-order chi connectivity index (χ1) is 6.45. The summed E-state index contributed by atoms with van der Waals surface area (Å²) in [5, 5.41) is 0. The van der Waals surface area contributed by atoms with E-state index < -0.39 is 0 Å². The van der Waals surface area contributed by atoms with E-state index in [-0.39, 0.29) is 6.10 Å². The zero-order valence-corrected chi connectivity index (χ0v) is 7.16. The molecule has 2 heterocycles. The molecule has 13 heavy (non-hydrogen) atoms. The second kappa shape index (κ2) is 2.64. The summed E-state index contributed by atoms with van der Waals surface area (Å²) in [6.07, 6.45) is 0.233. The van der Waals surface area contributed by atoms with E-state index in [0.717, 1.165) is 23.7 Å². The summed E-state index contributed by atoms with van der Waals surface area (Å²) in [5.74, 6) is 1.72. The Bertz CT molecular complexity index is 331. The van der Waals surface area contributed by atoms with Crippen LogP contribution in [-0.2, 0) is 4.74 Å². The minimum absolute atomic E-state index is 0.233. The highest BCUT2D eigenvalue weighted by atomic mass is 16.6. The average molecular weight is 178 g/mol. The normalized spacial score (nSPS) is 24.2. The standard InChI is InChI=1S/C10H10O3/c1-2-7(9-6-13-9)10-8(3-1)11-4-5-12-10/h1-3,9H,4-6H2/t9-/m1/s1. The Morgan fingerprint density at radius 3 is 2.85 bits per heavy atom. The van der Waals surface area contributed by atoms with Crippen LogP contribution in [0.25, 0.3) is 0 Å². The molecule has 0 bridgehead atoms. The van der Waals surface area contributed by atoms with Gasteiger partial charge in [-0.15, -0.1) is 0 Å². The van der Waals surface area contributed by atoms with Gasteiger partial charge < -0.3 is 14.2 Å². The third-order valence-electron chi connectivity index (χ3n) is 2.28. The molecule has 0 unspecified atom stereocenters. The lowest BCUT2D eigenvalue weighted by Gasteiger charge is -2.20. The van der Waals surface area contributed by atoms with Gasteiger partial charge in [-0.1, -0.05) is 12.1 Å². The second-order valence-electron chi connectivity index (χ2n) is 3.19. The maximum Gasteiger partial charge on any atom is 0.167 e. The Labute approximate surface area is 76.2 Å². The maximum atomic E-state index is 5.55. The lowest BCUT2D eigenvalue weighted by Crippen LogP contribution is -2.16. The number of para-hydroxylation sites is 1. The van der Waals surface area contributed by atoms with E-state index in [1.807, 2.05) is 18.2 Å². The van der Waals surface area contributed by atoms with Gasteiger partial charge in [0.25, 0.3) is 0 Å². The van der Waals surface area contributed by atoms with E-state index in [0.29, 0.717) is 13.2 Å². The van der Waals surface area contributed by atoms with Crippen LogP contribution < -0.4 is 9.47 Å². The van der Waals surface area contributed by atoms with Gasteiger partial charge in [-0.05, 0) is 6.07 Å². The first kappa shape index (κ1) is 7.21. The van der Waals surface area contributed by atoms with Crippen LogP contribution in [0, 0.1) is 0 Å². The number of epoxide rings is 1. The molecule has 2 aliphatic heterocycles. The molecular weight excluding hydrogens is 168 g/mol. The first-order valence-corrected chi connectivity index (χ1v) is 4.45. The van der Waals surface area contributed by atoms with Crippen LogP contribution in [0.5, 0.6) is 11.5 Å².